The largest absolute Gasteiger partial charge is 0.494 e. The predicted molar refractivity (Wildman–Crippen MR) is 79.5 cm³/mol. The van der Waals surface area contributed by atoms with Crippen LogP contribution in [-0.4, -0.2) is 22.8 Å². The maximum absolute atomic E-state index is 12.1. The van der Waals surface area contributed by atoms with Crippen molar-refractivity contribution < 1.29 is 9.53 Å². The van der Waals surface area contributed by atoms with Crippen molar-refractivity contribution in [1.82, 2.24) is 4.98 Å². The van der Waals surface area contributed by atoms with Crippen LogP contribution in [0.1, 0.15) is 23.0 Å². The number of hydrogen-bond acceptors (Lipinski definition) is 3. The number of carbonyl (C=O) groups excluding carboxylic acids is 1. The summed E-state index contributed by atoms with van der Waals surface area (Å²) in [6.07, 6.45) is 2.07. The zero-order chi connectivity index (χ0) is 14.4. The maximum atomic E-state index is 12.1. The highest BCUT2D eigenvalue weighted by Gasteiger charge is 2.18. The minimum Gasteiger partial charge on any atom is -0.494 e. The van der Waals surface area contributed by atoms with Crippen LogP contribution in [0.3, 0.4) is 0 Å². The van der Waals surface area contributed by atoms with E-state index in [1.54, 1.807) is 24.4 Å². The summed E-state index contributed by atoms with van der Waals surface area (Å²) in [5.74, 6) is 0.666. The van der Waals surface area contributed by atoms with Gasteiger partial charge in [0.1, 0.15) is 16.8 Å². The fourth-order valence-electron chi connectivity index (χ4n) is 1.86. The Kier molecular flexibility index (Phi) is 5.13. The van der Waals surface area contributed by atoms with Gasteiger partial charge in [-0.15, -0.1) is 11.6 Å². The summed E-state index contributed by atoms with van der Waals surface area (Å²) in [6.45, 7) is 2.57. The van der Waals surface area contributed by atoms with Gasteiger partial charge in [-0.2, -0.15) is 0 Å². The highest BCUT2D eigenvalue weighted by Crippen LogP contribution is 2.16. The summed E-state index contributed by atoms with van der Waals surface area (Å²) in [6, 6.07) is 12.8. The quantitative estimate of drug-likeness (QED) is 0.603. The molecular formula is C16H16ClNO2. The minimum atomic E-state index is -0.608. The molecule has 4 heteroatoms. The first-order chi connectivity index (χ1) is 9.70. The van der Waals surface area contributed by atoms with Crippen molar-refractivity contribution in [3.63, 3.8) is 0 Å². The van der Waals surface area contributed by atoms with Crippen LogP contribution < -0.4 is 4.74 Å². The van der Waals surface area contributed by atoms with Crippen LogP contribution in [0.15, 0.2) is 48.7 Å². The third-order valence-electron chi connectivity index (χ3n) is 2.85. The lowest BCUT2D eigenvalue weighted by atomic mass is 10.1. The van der Waals surface area contributed by atoms with Gasteiger partial charge in [-0.3, -0.25) is 9.78 Å². The molecule has 2 aromatic rings. The van der Waals surface area contributed by atoms with E-state index in [0.29, 0.717) is 18.7 Å². The lowest BCUT2D eigenvalue weighted by molar-refractivity contribution is 0.0982. The molecule has 0 aliphatic carbocycles. The van der Waals surface area contributed by atoms with Gasteiger partial charge >= 0.3 is 0 Å². The molecule has 0 radical (unpaired) electrons. The smallest absolute Gasteiger partial charge is 0.199 e. The molecular weight excluding hydrogens is 274 g/mol. The van der Waals surface area contributed by atoms with Crippen molar-refractivity contribution in [2.24, 2.45) is 0 Å². The number of benzene rings is 1. The Balaban J connectivity index is 2.00. The van der Waals surface area contributed by atoms with Gasteiger partial charge in [0.15, 0.2) is 5.78 Å². The van der Waals surface area contributed by atoms with Crippen LogP contribution in [0.2, 0.25) is 0 Å². The number of ketones is 1. The van der Waals surface area contributed by atoms with E-state index in [1.165, 1.54) is 0 Å². The molecule has 2 rings (SSSR count). The second kappa shape index (κ2) is 7.06. The van der Waals surface area contributed by atoms with Gasteiger partial charge in [0.05, 0.1) is 6.61 Å². The van der Waals surface area contributed by atoms with Crippen molar-refractivity contribution in [3.8, 4) is 5.75 Å². The fraction of sp³-hybridized carbons (Fsp3) is 0.250. The summed E-state index contributed by atoms with van der Waals surface area (Å²) in [7, 11) is 0. The van der Waals surface area contributed by atoms with Gasteiger partial charge in [0, 0.05) is 6.20 Å². The number of aromatic nitrogens is 1. The first-order valence-electron chi connectivity index (χ1n) is 6.51. The van der Waals surface area contributed by atoms with Gasteiger partial charge in [0.25, 0.3) is 0 Å². The molecule has 3 nitrogen and oxygen atoms in total. The Bertz CT molecular complexity index is 554. The molecule has 0 saturated carbocycles. The van der Waals surface area contributed by atoms with Crippen molar-refractivity contribution >= 4 is 17.4 Å². The second-order valence-electron chi connectivity index (χ2n) is 4.33. The number of hydrogen-bond donors (Lipinski definition) is 0. The fourth-order valence-corrected chi connectivity index (χ4v) is 2.15. The standard InChI is InChI=1S/C16H16ClNO2/c1-2-20-13-8-6-12(7-9-13)11-14(17)16(19)15-5-3-4-10-18-15/h3-10,14H,2,11H2,1H3. The minimum absolute atomic E-state index is 0.152. The normalized spacial score (nSPS) is 11.9. The predicted octanol–water partition coefficient (Wildman–Crippen LogP) is 3.51. The van der Waals surface area contributed by atoms with Crippen LogP contribution in [0.5, 0.6) is 5.75 Å². The SMILES string of the molecule is CCOc1ccc(CC(Cl)C(=O)c2ccccn2)cc1. The van der Waals surface area contributed by atoms with Crippen molar-refractivity contribution in [2.75, 3.05) is 6.61 Å². The van der Waals surface area contributed by atoms with E-state index in [4.69, 9.17) is 16.3 Å². The van der Waals surface area contributed by atoms with Gasteiger partial charge in [-0.05, 0) is 43.2 Å². The number of carbonyl (C=O) groups is 1. The van der Waals surface area contributed by atoms with Crippen molar-refractivity contribution in [3.05, 3.63) is 59.9 Å². The summed E-state index contributed by atoms with van der Waals surface area (Å²) in [5, 5.41) is -0.608. The monoisotopic (exact) mass is 289 g/mol. The van der Waals surface area contributed by atoms with Crippen LogP contribution in [0.4, 0.5) is 0 Å². The molecule has 0 fully saturated rings. The molecule has 104 valence electrons. The average molecular weight is 290 g/mol. The highest BCUT2D eigenvalue weighted by molar-refractivity contribution is 6.33. The number of nitrogens with zero attached hydrogens (tertiary/aromatic N) is 1. The van der Waals surface area contributed by atoms with Crippen LogP contribution in [-0.2, 0) is 6.42 Å². The Hall–Kier alpha value is -1.87. The second-order valence-corrected chi connectivity index (χ2v) is 4.85. The summed E-state index contributed by atoms with van der Waals surface area (Å²) < 4.78 is 5.37. The molecule has 1 aromatic carbocycles. The van der Waals surface area contributed by atoms with E-state index in [2.05, 4.69) is 4.98 Å². The average Bonchev–Trinajstić information content (AvgIpc) is 2.49. The summed E-state index contributed by atoms with van der Waals surface area (Å²) >= 11 is 6.18. The number of halogens is 1. The molecule has 1 atom stereocenters. The Labute approximate surface area is 123 Å². The molecule has 0 N–H and O–H groups in total. The van der Waals surface area contributed by atoms with Gasteiger partial charge in [0.2, 0.25) is 0 Å². The van der Waals surface area contributed by atoms with Crippen LogP contribution in [0.25, 0.3) is 0 Å². The maximum Gasteiger partial charge on any atom is 0.199 e. The highest BCUT2D eigenvalue weighted by atomic mass is 35.5. The third kappa shape index (κ3) is 3.81. The first kappa shape index (κ1) is 14.5. The van der Waals surface area contributed by atoms with E-state index < -0.39 is 5.38 Å². The van der Waals surface area contributed by atoms with E-state index in [9.17, 15) is 4.79 Å². The van der Waals surface area contributed by atoms with Gasteiger partial charge in [-0.25, -0.2) is 0 Å². The van der Waals surface area contributed by atoms with E-state index in [0.717, 1.165) is 11.3 Å². The Morgan fingerprint density at radius 3 is 2.60 bits per heavy atom. The lowest BCUT2D eigenvalue weighted by Crippen LogP contribution is -2.18. The van der Waals surface area contributed by atoms with Crippen LogP contribution in [0, 0.1) is 0 Å². The first-order valence-corrected chi connectivity index (χ1v) is 6.95. The summed E-state index contributed by atoms with van der Waals surface area (Å²) in [5.41, 5.74) is 1.40. The Morgan fingerprint density at radius 1 is 1.25 bits per heavy atom. The van der Waals surface area contributed by atoms with E-state index in [-0.39, 0.29) is 5.78 Å². The van der Waals surface area contributed by atoms with Crippen molar-refractivity contribution in [2.45, 2.75) is 18.7 Å². The molecule has 0 aliphatic heterocycles. The molecule has 0 spiro atoms. The Morgan fingerprint density at radius 2 is 2.00 bits per heavy atom. The molecule has 0 saturated heterocycles. The molecule has 1 aromatic heterocycles. The lowest BCUT2D eigenvalue weighted by Gasteiger charge is -2.09. The topological polar surface area (TPSA) is 39.2 Å². The van der Waals surface area contributed by atoms with E-state index in [1.807, 2.05) is 31.2 Å². The summed E-state index contributed by atoms with van der Waals surface area (Å²) in [4.78, 5) is 16.1. The number of rotatable bonds is 6. The zero-order valence-electron chi connectivity index (χ0n) is 11.3. The molecule has 20 heavy (non-hydrogen) atoms. The number of ether oxygens (including phenoxy) is 1. The molecule has 0 amide bonds. The van der Waals surface area contributed by atoms with Gasteiger partial charge in [-0.1, -0.05) is 18.2 Å². The molecule has 1 heterocycles. The third-order valence-corrected chi connectivity index (χ3v) is 3.20. The number of pyridine rings is 1. The van der Waals surface area contributed by atoms with Gasteiger partial charge < -0.3 is 4.74 Å². The number of alkyl halides is 1. The van der Waals surface area contributed by atoms with Crippen LogP contribution >= 0.6 is 11.6 Å². The molecule has 0 bridgehead atoms. The molecule has 0 aliphatic rings. The molecule has 1 unspecified atom stereocenters. The van der Waals surface area contributed by atoms with E-state index >= 15 is 0 Å². The number of Topliss-reactive ketones (excluding diaryl/α,β-unsaturated/α-hetero) is 1. The zero-order valence-corrected chi connectivity index (χ0v) is 12.0. The van der Waals surface area contributed by atoms with Crippen molar-refractivity contribution in [1.29, 1.82) is 0 Å².